The molecule has 0 fully saturated rings. The van der Waals surface area contributed by atoms with Crippen LogP contribution in [0.4, 0.5) is 10.1 Å². The van der Waals surface area contributed by atoms with Gasteiger partial charge in [-0.05, 0) is 59.3 Å². The van der Waals surface area contributed by atoms with Gasteiger partial charge in [0.1, 0.15) is 18.3 Å². The number of aromatic nitrogens is 3. The zero-order chi connectivity index (χ0) is 16.4. The predicted octanol–water partition coefficient (Wildman–Crippen LogP) is 3.57. The Bertz CT molecular complexity index is 865. The molecule has 1 N–H and O–H groups in total. The van der Waals surface area contributed by atoms with Crippen molar-refractivity contribution in [1.82, 2.24) is 14.8 Å². The van der Waals surface area contributed by atoms with Crippen molar-refractivity contribution in [2.75, 3.05) is 5.32 Å². The minimum absolute atomic E-state index is 0.269. The topological polar surface area (TPSA) is 59.8 Å². The average Bonchev–Trinajstić information content (AvgIpc) is 3.04. The second-order valence-corrected chi connectivity index (χ2v) is 5.98. The van der Waals surface area contributed by atoms with Crippen molar-refractivity contribution in [1.29, 1.82) is 0 Å². The molecule has 0 unspecified atom stereocenters. The van der Waals surface area contributed by atoms with Crippen LogP contribution in [0.15, 0.2) is 49.1 Å². The number of amides is 1. The van der Waals surface area contributed by atoms with E-state index in [9.17, 15) is 9.18 Å². The van der Waals surface area contributed by atoms with Gasteiger partial charge in [0.05, 0.1) is 5.56 Å². The fraction of sp³-hybridized carbons (Fsp3) is 0.0625. The maximum Gasteiger partial charge on any atom is 0.256 e. The van der Waals surface area contributed by atoms with Crippen LogP contribution >= 0.6 is 22.6 Å². The normalized spacial score (nSPS) is 10.6. The van der Waals surface area contributed by atoms with Crippen LogP contribution < -0.4 is 5.32 Å². The summed E-state index contributed by atoms with van der Waals surface area (Å²) in [4.78, 5) is 16.1. The lowest BCUT2D eigenvalue weighted by Crippen LogP contribution is -2.14. The molecule has 7 heteroatoms. The molecule has 5 nitrogen and oxygen atoms in total. The lowest BCUT2D eigenvalue weighted by atomic mass is 10.1. The van der Waals surface area contributed by atoms with Crippen molar-refractivity contribution in [2.45, 2.75) is 6.92 Å². The fourth-order valence-electron chi connectivity index (χ4n) is 2.12. The number of hydrogen-bond donors (Lipinski definition) is 1. The van der Waals surface area contributed by atoms with E-state index in [0.29, 0.717) is 11.3 Å². The van der Waals surface area contributed by atoms with Gasteiger partial charge >= 0.3 is 0 Å². The number of carbonyl (C=O) groups is 1. The molecule has 1 heterocycles. The summed E-state index contributed by atoms with van der Waals surface area (Å²) in [6.45, 7) is 1.94. The molecule has 0 radical (unpaired) electrons. The zero-order valence-electron chi connectivity index (χ0n) is 12.1. The van der Waals surface area contributed by atoms with Crippen molar-refractivity contribution in [3.8, 4) is 5.69 Å². The Morgan fingerprint density at radius 2 is 2.13 bits per heavy atom. The Kier molecular flexibility index (Phi) is 4.37. The molecular weight excluding hydrogens is 410 g/mol. The van der Waals surface area contributed by atoms with Gasteiger partial charge in [-0.15, -0.1) is 0 Å². The Morgan fingerprint density at radius 1 is 1.30 bits per heavy atom. The van der Waals surface area contributed by atoms with Gasteiger partial charge in [-0.3, -0.25) is 4.79 Å². The van der Waals surface area contributed by atoms with Crippen LogP contribution in [0.5, 0.6) is 0 Å². The Hall–Kier alpha value is -2.29. The molecule has 1 aromatic heterocycles. The molecule has 0 bridgehead atoms. The first-order chi connectivity index (χ1) is 11.1. The number of benzene rings is 2. The SMILES string of the molecule is Cc1cccc(C(=O)Nc2ccc(-n3cncn3)c(F)c2)c1I. The van der Waals surface area contributed by atoms with Crippen LogP contribution in [0.3, 0.4) is 0 Å². The van der Waals surface area contributed by atoms with Crippen LogP contribution in [0.25, 0.3) is 5.69 Å². The van der Waals surface area contributed by atoms with Crippen molar-refractivity contribution in [3.05, 3.63) is 69.6 Å². The highest BCUT2D eigenvalue weighted by atomic mass is 127. The third kappa shape index (κ3) is 3.24. The van der Waals surface area contributed by atoms with Crippen molar-refractivity contribution < 1.29 is 9.18 Å². The van der Waals surface area contributed by atoms with Crippen LogP contribution in [0.1, 0.15) is 15.9 Å². The first kappa shape index (κ1) is 15.6. The van der Waals surface area contributed by atoms with E-state index in [1.165, 1.54) is 23.4 Å². The molecule has 0 saturated heterocycles. The Morgan fingerprint density at radius 3 is 2.83 bits per heavy atom. The number of rotatable bonds is 3. The summed E-state index contributed by atoms with van der Waals surface area (Å²) in [5.41, 5.74) is 2.23. The molecule has 3 aromatic rings. The average molecular weight is 422 g/mol. The first-order valence-electron chi connectivity index (χ1n) is 6.77. The van der Waals surface area contributed by atoms with Gasteiger partial charge in [0.15, 0.2) is 5.82 Å². The summed E-state index contributed by atoms with van der Waals surface area (Å²) < 4.78 is 16.4. The van der Waals surface area contributed by atoms with E-state index in [1.54, 1.807) is 18.2 Å². The van der Waals surface area contributed by atoms with Crippen LogP contribution in [-0.2, 0) is 0 Å². The van der Waals surface area contributed by atoms with E-state index in [4.69, 9.17) is 0 Å². The second-order valence-electron chi connectivity index (χ2n) is 4.90. The maximum absolute atomic E-state index is 14.2. The highest BCUT2D eigenvalue weighted by molar-refractivity contribution is 14.1. The summed E-state index contributed by atoms with van der Waals surface area (Å²) in [6.07, 6.45) is 2.74. The standard InChI is InChI=1S/C16H12FIN4O/c1-10-3-2-4-12(15(10)18)16(23)21-11-5-6-14(13(17)7-11)22-9-19-8-20-22/h2-9H,1H3,(H,21,23). The van der Waals surface area contributed by atoms with E-state index >= 15 is 0 Å². The lowest BCUT2D eigenvalue weighted by molar-refractivity contribution is 0.102. The largest absolute Gasteiger partial charge is 0.322 e. The van der Waals surface area contributed by atoms with Gasteiger partial charge in [0, 0.05) is 9.26 Å². The van der Waals surface area contributed by atoms with Gasteiger partial charge < -0.3 is 5.32 Å². The summed E-state index contributed by atoms with van der Waals surface area (Å²) in [6, 6.07) is 9.93. The van der Waals surface area contributed by atoms with Crippen molar-refractivity contribution in [2.24, 2.45) is 0 Å². The van der Waals surface area contributed by atoms with E-state index in [1.807, 2.05) is 19.1 Å². The third-order valence-electron chi connectivity index (χ3n) is 3.31. The summed E-state index contributed by atoms with van der Waals surface area (Å²) in [5, 5.41) is 6.59. The predicted molar refractivity (Wildman–Crippen MR) is 93.2 cm³/mol. The monoisotopic (exact) mass is 422 g/mol. The van der Waals surface area contributed by atoms with Gasteiger partial charge in [0.25, 0.3) is 5.91 Å². The minimum atomic E-state index is -0.493. The van der Waals surface area contributed by atoms with Crippen molar-refractivity contribution in [3.63, 3.8) is 0 Å². The molecule has 1 amide bonds. The quantitative estimate of drug-likeness (QED) is 0.657. The molecule has 0 aliphatic carbocycles. The van der Waals surface area contributed by atoms with E-state index in [-0.39, 0.29) is 11.6 Å². The molecule has 0 saturated carbocycles. The zero-order valence-corrected chi connectivity index (χ0v) is 14.3. The number of nitrogens with zero attached hydrogens (tertiary/aromatic N) is 3. The number of hydrogen-bond acceptors (Lipinski definition) is 3. The molecule has 3 rings (SSSR count). The molecular formula is C16H12FIN4O. The van der Waals surface area contributed by atoms with E-state index in [2.05, 4.69) is 38.0 Å². The molecule has 23 heavy (non-hydrogen) atoms. The van der Waals surface area contributed by atoms with Crippen molar-refractivity contribution >= 4 is 34.2 Å². The molecule has 0 aliphatic heterocycles. The fourth-order valence-corrected chi connectivity index (χ4v) is 2.73. The number of nitrogens with one attached hydrogen (secondary N) is 1. The summed E-state index contributed by atoms with van der Waals surface area (Å²) in [7, 11) is 0. The van der Waals surface area contributed by atoms with E-state index in [0.717, 1.165) is 9.13 Å². The second kappa shape index (κ2) is 6.45. The minimum Gasteiger partial charge on any atom is -0.322 e. The van der Waals surface area contributed by atoms with E-state index < -0.39 is 5.82 Å². The Labute approximate surface area is 145 Å². The van der Waals surface area contributed by atoms with Gasteiger partial charge in [-0.2, -0.15) is 5.10 Å². The molecule has 0 atom stereocenters. The maximum atomic E-state index is 14.2. The number of halogens is 2. The van der Waals surface area contributed by atoms with Gasteiger partial charge in [-0.1, -0.05) is 12.1 Å². The van der Waals surface area contributed by atoms with Gasteiger partial charge in [0.2, 0.25) is 0 Å². The first-order valence-corrected chi connectivity index (χ1v) is 7.85. The number of anilines is 1. The molecule has 0 aliphatic rings. The molecule has 2 aromatic carbocycles. The molecule has 116 valence electrons. The highest BCUT2D eigenvalue weighted by Crippen LogP contribution is 2.20. The smallest absolute Gasteiger partial charge is 0.256 e. The van der Waals surface area contributed by atoms with Crippen LogP contribution in [-0.4, -0.2) is 20.7 Å². The third-order valence-corrected chi connectivity index (χ3v) is 4.74. The van der Waals surface area contributed by atoms with Crippen LogP contribution in [0.2, 0.25) is 0 Å². The summed E-state index contributed by atoms with van der Waals surface area (Å²) in [5.74, 6) is -0.766. The highest BCUT2D eigenvalue weighted by Gasteiger charge is 2.13. The van der Waals surface area contributed by atoms with Gasteiger partial charge in [-0.25, -0.2) is 14.1 Å². The Balaban J connectivity index is 1.85. The molecule has 0 spiro atoms. The lowest BCUT2D eigenvalue weighted by Gasteiger charge is -2.10. The number of carbonyl (C=O) groups excluding carboxylic acids is 1. The van der Waals surface area contributed by atoms with Crippen LogP contribution in [0, 0.1) is 16.3 Å². The summed E-state index contributed by atoms with van der Waals surface area (Å²) >= 11 is 2.13. The number of aryl methyl sites for hydroxylation is 1.